The average Bonchev–Trinajstić information content (AvgIpc) is 2.87. The molecule has 1 heterocycles. The maximum atomic E-state index is 12.3. The molecule has 0 atom stereocenters. The van der Waals surface area contributed by atoms with Crippen LogP contribution in [0.5, 0.6) is 5.75 Å². The average molecular weight is 499 g/mol. The number of halogens is 2. The van der Waals surface area contributed by atoms with Crippen molar-refractivity contribution in [2.45, 2.75) is 6.42 Å². The quantitative estimate of drug-likeness (QED) is 0.205. The standard InChI is InChI=1S/C28H30N2O2.2ClH/c31-28(17-12-24-8-3-1-4-9-24)25-13-15-27(16-14-25)32-23-7-18-29-19-21-30(22-20-29)26-10-5-2-6-11-26;;/h1-6,8-17H,7,18-23H2;2*1H/b17-12+;;. The van der Waals surface area contributed by atoms with Gasteiger partial charge in [0.05, 0.1) is 6.61 Å². The molecule has 1 aliphatic heterocycles. The first-order chi connectivity index (χ1) is 15.8. The zero-order chi connectivity index (χ0) is 22.0. The number of ether oxygens (including phenoxy) is 1. The Hall–Kier alpha value is -2.79. The fourth-order valence-electron chi connectivity index (χ4n) is 3.89. The highest BCUT2D eigenvalue weighted by Gasteiger charge is 2.16. The van der Waals surface area contributed by atoms with Crippen LogP contribution in [0, 0.1) is 0 Å². The van der Waals surface area contributed by atoms with Crippen molar-refractivity contribution in [1.82, 2.24) is 4.90 Å². The van der Waals surface area contributed by atoms with Gasteiger partial charge in [-0.2, -0.15) is 0 Å². The molecule has 0 spiro atoms. The molecule has 3 aromatic rings. The minimum absolute atomic E-state index is 0. The second-order valence-electron chi connectivity index (χ2n) is 8.00. The van der Waals surface area contributed by atoms with Crippen LogP contribution in [0.4, 0.5) is 5.69 Å². The van der Waals surface area contributed by atoms with E-state index >= 15 is 0 Å². The van der Waals surface area contributed by atoms with Gasteiger partial charge in [-0.1, -0.05) is 54.6 Å². The van der Waals surface area contributed by atoms with Crippen LogP contribution in [0.15, 0.2) is 91.0 Å². The monoisotopic (exact) mass is 498 g/mol. The van der Waals surface area contributed by atoms with Crippen LogP contribution in [0.3, 0.4) is 0 Å². The van der Waals surface area contributed by atoms with E-state index in [9.17, 15) is 4.79 Å². The lowest BCUT2D eigenvalue weighted by Crippen LogP contribution is -2.46. The molecule has 0 saturated carbocycles. The van der Waals surface area contributed by atoms with E-state index < -0.39 is 0 Å². The number of rotatable bonds is 9. The Bertz CT molecular complexity index is 1000. The molecule has 34 heavy (non-hydrogen) atoms. The summed E-state index contributed by atoms with van der Waals surface area (Å²) in [4.78, 5) is 17.3. The van der Waals surface area contributed by atoms with Gasteiger partial charge >= 0.3 is 0 Å². The maximum Gasteiger partial charge on any atom is 0.185 e. The van der Waals surface area contributed by atoms with Gasteiger partial charge in [0.2, 0.25) is 0 Å². The van der Waals surface area contributed by atoms with Crippen LogP contribution in [-0.2, 0) is 0 Å². The van der Waals surface area contributed by atoms with Gasteiger partial charge in [0, 0.05) is 44.0 Å². The van der Waals surface area contributed by atoms with Gasteiger partial charge in [0.25, 0.3) is 0 Å². The number of carbonyl (C=O) groups excluding carboxylic acids is 1. The smallest absolute Gasteiger partial charge is 0.185 e. The van der Waals surface area contributed by atoms with E-state index in [2.05, 4.69) is 40.1 Å². The highest BCUT2D eigenvalue weighted by Crippen LogP contribution is 2.16. The van der Waals surface area contributed by atoms with E-state index in [0.717, 1.165) is 50.5 Å². The number of anilines is 1. The van der Waals surface area contributed by atoms with Crippen molar-refractivity contribution in [3.05, 3.63) is 102 Å². The number of piperazine rings is 1. The lowest BCUT2D eigenvalue weighted by molar-refractivity contribution is 0.104. The van der Waals surface area contributed by atoms with Crippen LogP contribution < -0.4 is 9.64 Å². The molecule has 3 aromatic carbocycles. The summed E-state index contributed by atoms with van der Waals surface area (Å²) in [6.45, 7) is 6.03. The molecule has 1 saturated heterocycles. The van der Waals surface area contributed by atoms with Crippen LogP contribution in [-0.4, -0.2) is 50.0 Å². The Morgan fingerprint density at radius 3 is 2.06 bits per heavy atom. The summed E-state index contributed by atoms with van der Waals surface area (Å²) in [6, 6.07) is 27.9. The van der Waals surface area contributed by atoms with Crippen molar-refractivity contribution in [2.24, 2.45) is 0 Å². The van der Waals surface area contributed by atoms with E-state index in [4.69, 9.17) is 4.74 Å². The summed E-state index contributed by atoms with van der Waals surface area (Å²) in [5.74, 6) is 0.803. The van der Waals surface area contributed by atoms with Crippen molar-refractivity contribution >= 4 is 42.4 Å². The first kappa shape index (κ1) is 27.5. The van der Waals surface area contributed by atoms with Crippen molar-refractivity contribution in [3.63, 3.8) is 0 Å². The third-order valence-electron chi connectivity index (χ3n) is 5.75. The third-order valence-corrected chi connectivity index (χ3v) is 5.75. The Kier molecular flexibility index (Phi) is 11.7. The van der Waals surface area contributed by atoms with Crippen molar-refractivity contribution in [2.75, 3.05) is 44.2 Å². The molecule has 4 nitrogen and oxygen atoms in total. The number of para-hydroxylation sites is 1. The summed E-state index contributed by atoms with van der Waals surface area (Å²) >= 11 is 0. The number of benzene rings is 3. The zero-order valence-corrected chi connectivity index (χ0v) is 20.8. The van der Waals surface area contributed by atoms with Gasteiger partial charge in [-0.25, -0.2) is 0 Å². The molecule has 6 heteroatoms. The number of ketones is 1. The fraction of sp³-hybridized carbons (Fsp3) is 0.250. The Morgan fingerprint density at radius 1 is 0.794 bits per heavy atom. The highest BCUT2D eigenvalue weighted by atomic mass is 35.5. The van der Waals surface area contributed by atoms with E-state index in [-0.39, 0.29) is 30.6 Å². The second-order valence-corrected chi connectivity index (χ2v) is 8.00. The summed E-state index contributed by atoms with van der Waals surface area (Å²) in [5, 5.41) is 0. The van der Waals surface area contributed by atoms with E-state index in [1.54, 1.807) is 6.08 Å². The normalized spacial score (nSPS) is 13.7. The topological polar surface area (TPSA) is 32.8 Å². The molecule has 180 valence electrons. The largest absolute Gasteiger partial charge is 0.494 e. The van der Waals surface area contributed by atoms with Gasteiger partial charge in [-0.3, -0.25) is 9.69 Å². The van der Waals surface area contributed by atoms with Gasteiger partial charge in [0.1, 0.15) is 5.75 Å². The molecule has 0 amide bonds. The predicted octanol–water partition coefficient (Wildman–Crippen LogP) is 6.02. The van der Waals surface area contributed by atoms with Crippen LogP contribution in [0.25, 0.3) is 6.08 Å². The predicted molar refractivity (Wildman–Crippen MR) is 146 cm³/mol. The SMILES string of the molecule is Cl.Cl.O=C(/C=C/c1ccccc1)c1ccc(OCCCN2CCN(c3ccccc3)CC2)cc1. The molecule has 1 aliphatic rings. The molecule has 0 unspecified atom stereocenters. The number of allylic oxidation sites excluding steroid dienone is 1. The Balaban J connectivity index is 0.00000204. The molecule has 0 bridgehead atoms. The minimum Gasteiger partial charge on any atom is -0.494 e. The van der Waals surface area contributed by atoms with E-state index in [1.165, 1.54) is 5.69 Å². The second kappa shape index (κ2) is 14.5. The van der Waals surface area contributed by atoms with Crippen molar-refractivity contribution in [3.8, 4) is 5.75 Å². The van der Waals surface area contributed by atoms with Gasteiger partial charge in [-0.15, -0.1) is 24.8 Å². The molecular weight excluding hydrogens is 467 g/mol. The van der Waals surface area contributed by atoms with Crippen molar-refractivity contribution < 1.29 is 9.53 Å². The van der Waals surface area contributed by atoms with Crippen LogP contribution in [0.1, 0.15) is 22.3 Å². The molecule has 0 aromatic heterocycles. The molecule has 4 rings (SSSR count). The number of hydrogen-bond acceptors (Lipinski definition) is 4. The summed E-state index contributed by atoms with van der Waals surface area (Å²) in [6.07, 6.45) is 4.45. The lowest BCUT2D eigenvalue weighted by atomic mass is 10.1. The van der Waals surface area contributed by atoms with Crippen LogP contribution >= 0.6 is 24.8 Å². The molecule has 0 N–H and O–H groups in total. The van der Waals surface area contributed by atoms with Crippen molar-refractivity contribution in [1.29, 1.82) is 0 Å². The number of carbonyl (C=O) groups is 1. The Morgan fingerprint density at radius 2 is 1.41 bits per heavy atom. The van der Waals surface area contributed by atoms with Crippen LogP contribution in [0.2, 0.25) is 0 Å². The first-order valence-electron chi connectivity index (χ1n) is 11.3. The third kappa shape index (κ3) is 8.21. The number of nitrogens with zero attached hydrogens (tertiary/aromatic N) is 2. The van der Waals surface area contributed by atoms with E-state index in [1.807, 2.05) is 60.7 Å². The fourth-order valence-corrected chi connectivity index (χ4v) is 3.89. The molecule has 1 fully saturated rings. The summed E-state index contributed by atoms with van der Waals surface area (Å²) in [5.41, 5.74) is 3.00. The summed E-state index contributed by atoms with van der Waals surface area (Å²) in [7, 11) is 0. The minimum atomic E-state index is -0.00459. The van der Waals surface area contributed by atoms with Gasteiger partial charge in [0.15, 0.2) is 5.78 Å². The van der Waals surface area contributed by atoms with E-state index in [0.29, 0.717) is 12.2 Å². The highest BCUT2D eigenvalue weighted by molar-refractivity contribution is 6.06. The molecular formula is C28H32Cl2N2O2. The van der Waals surface area contributed by atoms with Gasteiger partial charge in [-0.05, 0) is 54.5 Å². The number of hydrogen-bond donors (Lipinski definition) is 0. The Labute approximate surface area is 215 Å². The lowest BCUT2D eigenvalue weighted by Gasteiger charge is -2.36. The van der Waals surface area contributed by atoms with Gasteiger partial charge < -0.3 is 9.64 Å². The molecule has 0 aliphatic carbocycles. The first-order valence-corrected chi connectivity index (χ1v) is 11.3. The maximum absolute atomic E-state index is 12.3. The summed E-state index contributed by atoms with van der Waals surface area (Å²) < 4.78 is 5.89. The molecule has 0 radical (unpaired) electrons. The zero-order valence-electron chi connectivity index (χ0n) is 19.2.